The molecule has 0 saturated carbocycles. The fourth-order valence-electron chi connectivity index (χ4n) is 0.324. The van der Waals surface area contributed by atoms with E-state index in [1.807, 2.05) is 0 Å². The third kappa shape index (κ3) is 0.651. The normalized spacial score (nSPS) is 17.3. The molecule has 0 saturated heterocycles. The van der Waals surface area contributed by atoms with Crippen molar-refractivity contribution < 1.29 is 4.74 Å². The third-order valence-corrected chi connectivity index (χ3v) is 0.602. The average molecular weight is 81.1 g/mol. The van der Waals surface area contributed by atoms with Crippen LogP contribution < -0.4 is 0 Å². The highest BCUT2D eigenvalue weighted by atomic mass is 16.5. The van der Waals surface area contributed by atoms with Crippen LogP contribution in [0.15, 0.2) is 0 Å². The Kier molecular flexibility index (Phi) is 1.01. The highest BCUT2D eigenvalue weighted by molar-refractivity contribution is 4.96. The van der Waals surface area contributed by atoms with Crippen LogP contribution in [0.1, 0.15) is 12.8 Å². The molecule has 0 aromatic heterocycles. The lowest BCUT2D eigenvalue weighted by molar-refractivity contribution is 0.343. The van der Waals surface area contributed by atoms with Gasteiger partial charge in [0.25, 0.3) is 0 Å². The molecule has 0 bridgehead atoms. The van der Waals surface area contributed by atoms with E-state index >= 15 is 0 Å². The van der Waals surface area contributed by atoms with Gasteiger partial charge >= 0.3 is 0 Å². The van der Waals surface area contributed by atoms with Crippen molar-refractivity contribution in [3.8, 4) is 12.0 Å². The molecule has 1 aliphatic heterocycles. The molecule has 0 aliphatic carbocycles. The zero-order valence-corrected chi connectivity index (χ0v) is 3.40. The Morgan fingerprint density at radius 2 is 2.67 bits per heavy atom. The Bertz CT molecular complexity index is 75.8. The van der Waals surface area contributed by atoms with Crippen molar-refractivity contribution >= 4 is 0 Å². The maximum Gasteiger partial charge on any atom is 0.149 e. The lowest BCUT2D eigenvalue weighted by Crippen LogP contribution is -1.83. The van der Waals surface area contributed by atoms with Crippen molar-refractivity contribution in [3.63, 3.8) is 0 Å². The first kappa shape index (κ1) is 3.55. The fraction of sp³-hybridized carbons (Fsp3) is 0.400. The minimum absolute atomic E-state index is 0.958. The van der Waals surface area contributed by atoms with Crippen molar-refractivity contribution in [2.75, 3.05) is 0 Å². The molecule has 0 amide bonds. The largest absolute Gasteiger partial charge is 0.439 e. The van der Waals surface area contributed by atoms with Crippen LogP contribution in [0.2, 0.25) is 0 Å². The Balaban J connectivity index is 2.36. The summed E-state index contributed by atoms with van der Waals surface area (Å²) >= 11 is 0. The molecule has 0 aromatic carbocycles. The van der Waals surface area contributed by atoms with Crippen molar-refractivity contribution in [2.45, 2.75) is 12.8 Å². The standard InChI is InChI=1S/C5H5O/c1-2-4-6-5-3-1/h4H,1-2H2. The zero-order chi connectivity index (χ0) is 4.24. The summed E-state index contributed by atoms with van der Waals surface area (Å²) in [5, 5.41) is 0. The highest BCUT2D eigenvalue weighted by Crippen LogP contribution is 1.96. The average Bonchev–Trinajstić information content (AvgIpc) is 1.72. The first-order valence-electron chi connectivity index (χ1n) is 1.95. The molecule has 1 rings (SSSR count). The Morgan fingerprint density at radius 3 is 2.83 bits per heavy atom. The van der Waals surface area contributed by atoms with E-state index < -0.39 is 0 Å². The van der Waals surface area contributed by atoms with Gasteiger partial charge in [0.2, 0.25) is 0 Å². The molecule has 1 heterocycles. The second kappa shape index (κ2) is 1.71. The molecule has 0 aromatic rings. The molecule has 31 valence electrons. The fourth-order valence-corrected chi connectivity index (χ4v) is 0.324. The molecule has 0 atom stereocenters. The number of hydrogen-bond acceptors (Lipinski definition) is 1. The van der Waals surface area contributed by atoms with Crippen molar-refractivity contribution in [1.82, 2.24) is 0 Å². The van der Waals surface area contributed by atoms with Gasteiger partial charge in [-0.05, 0) is 0 Å². The summed E-state index contributed by atoms with van der Waals surface area (Å²) in [7, 11) is 0. The molecule has 1 nitrogen and oxygen atoms in total. The van der Waals surface area contributed by atoms with E-state index in [0.29, 0.717) is 0 Å². The highest BCUT2D eigenvalue weighted by Gasteiger charge is 1.87. The number of rotatable bonds is 0. The topological polar surface area (TPSA) is 9.23 Å². The predicted octanol–water partition coefficient (Wildman–Crippen LogP) is 0.919. The van der Waals surface area contributed by atoms with Crippen molar-refractivity contribution in [3.05, 3.63) is 6.61 Å². The van der Waals surface area contributed by atoms with Gasteiger partial charge in [-0.15, -0.1) is 0 Å². The van der Waals surface area contributed by atoms with Gasteiger partial charge in [0, 0.05) is 12.8 Å². The molecule has 6 heavy (non-hydrogen) atoms. The molecule has 1 heteroatoms. The second-order valence-electron chi connectivity index (χ2n) is 1.10. The van der Waals surface area contributed by atoms with Crippen LogP contribution in [0.5, 0.6) is 0 Å². The Hall–Kier alpha value is -0.640. The van der Waals surface area contributed by atoms with Crippen LogP contribution >= 0.6 is 0 Å². The van der Waals surface area contributed by atoms with Crippen LogP contribution in [0, 0.1) is 18.6 Å². The lowest BCUT2D eigenvalue weighted by atomic mass is 10.3. The van der Waals surface area contributed by atoms with Crippen molar-refractivity contribution in [1.29, 1.82) is 0 Å². The summed E-state index contributed by atoms with van der Waals surface area (Å²) in [6, 6.07) is 0. The first-order valence-corrected chi connectivity index (χ1v) is 1.95. The summed E-state index contributed by atoms with van der Waals surface area (Å²) < 4.78 is 4.58. The first-order chi connectivity index (χ1) is 3.00. The van der Waals surface area contributed by atoms with E-state index in [9.17, 15) is 0 Å². The van der Waals surface area contributed by atoms with Crippen LogP contribution in [0.3, 0.4) is 0 Å². The van der Waals surface area contributed by atoms with Crippen LogP contribution in [-0.2, 0) is 4.74 Å². The SMILES string of the molecule is C1#CO[CH]CC1. The monoisotopic (exact) mass is 81.0 g/mol. The van der Waals surface area contributed by atoms with Crippen LogP contribution in [0.25, 0.3) is 0 Å². The van der Waals surface area contributed by atoms with Gasteiger partial charge in [0.05, 0.1) is 0 Å². The van der Waals surface area contributed by atoms with Gasteiger partial charge in [0.1, 0.15) is 12.7 Å². The maximum absolute atomic E-state index is 4.58. The Morgan fingerprint density at radius 1 is 1.67 bits per heavy atom. The van der Waals surface area contributed by atoms with Crippen molar-refractivity contribution in [2.24, 2.45) is 0 Å². The molecule has 0 unspecified atom stereocenters. The smallest absolute Gasteiger partial charge is 0.149 e. The van der Waals surface area contributed by atoms with Crippen LogP contribution in [-0.4, -0.2) is 0 Å². The molecule has 0 fully saturated rings. The molecule has 0 spiro atoms. The minimum atomic E-state index is 0.958. The summed E-state index contributed by atoms with van der Waals surface area (Å²) in [6.45, 7) is 1.72. The van der Waals surface area contributed by atoms with E-state index in [1.54, 1.807) is 6.61 Å². The van der Waals surface area contributed by atoms with Gasteiger partial charge in [-0.1, -0.05) is 5.92 Å². The molecular weight excluding hydrogens is 76.1 g/mol. The van der Waals surface area contributed by atoms with E-state index in [2.05, 4.69) is 16.8 Å². The molecule has 0 N–H and O–H groups in total. The number of ether oxygens (including phenoxy) is 1. The van der Waals surface area contributed by atoms with Gasteiger partial charge in [0.15, 0.2) is 0 Å². The van der Waals surface area contributed by atoms with E-state index in [0.717, 1.165) is 12.8 Å². The maximum atomic E-state index is 4.58. The molecular formula is C5H5O. The van der Waals surface area contributed by atoms with Gasteiger partial charge in [-0.25, -0.2) is 0 Å². The minimum Gasteiger partial charge on any atom is -0.439 e. The molecule has 1 aliphatic rings. The quantitative estimate of drug-likeness (QED) is 0.394. The van der Waals surface area contributed by atoms with E-state index in [4.69, 9.17) is 0 Å². The predicted molar refractivity (Wildman–Crippen MR) is 22.4 cm³/mol. The van der Waals surface area contributed by atoms with Crippen LogP contribution in [0.4, 0.5) is 0 Å². The third-order valence-electron chi connectivity index (χ3n) is 0.602. The second-order valence-corrected chi connectivity index (χ2v) is 1.10. The summed E-state index contributed by atoms with van der Waals surface area (Å²) in [6.07, 6.45) is 4.42. The summed E-state index contributed by atoms with van der Waals surface area (Å²) in [4.78, 5) is 0. The van der Waals surface area contributed by atoms with Gasteiger partial charge in [-0.3, -0.25) is 0 Å². The lowest BCUT2D eigenvalue weighted by Gasteiger charge is -1.94. The van der Waals surface area contributed by atoms with E-state index in [1.165, 1.54) is 0 Å². The summed E-state index contributed by atoms with van der Waals surface area (Å²) in [5.74, 6) is 2.78. The van der Waals surface area contributed by atoms with Gasteiger partial charge < -0.3 is 4.74 Å². The van der Waals surface area contributed by atoms with Gasteiger partial charge in [-0.2, -0.15) is 0 Å². The van der Waals surface area contributed by atoms with E-state index in [-0.39, 0.29) is 0 Å². The molecule has 1 radical (unpaired) electrons. The number of hydrogen-bond donors (Lipinski definition) is 0. The Labute approximate surface area is 37.3 Å². The zero-order valence-electron chi connectivity index (χ0n) is 3.40. The summed E-state index contributed by atoms with van der Waals surface area (Å²) in [5.41, 5.74) is 0.